The number of piperidine rings is 1. The summed E-state index contributed by atoms with van der Waals surface area (Å²) in [5, 5.41) is 1.03. The number of halogens is 1. The first-order valence-electron chi connectivity index (χ1n) is 11.5. The van der Waals surface area contributed by atoms with Crippen LogP contribution in [0.1, 0.15) is 67.4 Å². The van der Waals surface area contributed by atoms with E-state index in [4.69, 9.17) is 4.74 Å². The smallest absolute Gasteiger partial charge is 0.306 e. The number of likely N-dealkylation sites (tertiary alicyclic amines) is 1. The fourth-order valence-corrected chi connectivity index (χ4v) is 6.01. The molecule has 0 aliphatic carbocycles. The van der Waals surface area contributed by atoms with Gasteiger partial charge in [0.05, 0.1) is 3.79 Å². The molecule has 1 saturated heterocycles. The molecule has 0 atom stereocenters. The summed E-state index contributed by atoms with van der Waals surface area (Å²) in [5.74, 6) is 0.393. The Morgan fingerprint density at radius 2 is 1.82 bits per heavy atom. The highest BCUT2D eigenvalue weighted by atomic mass is 79.9. The summed E-state index contributed by atoms with van der Waals surface area (Å²) >= 11 is 5.20. The zero-order valence-electron chi connectivity index (χ0n) is 19.4. The van der Waals surface area contributed by atoms with Gasteiger partial charge < -0.3 is 9.64 Å². The molecular formula is C27H30BrNO3S. The van der Waals surface area contributed by atoms with Crippen molar-refractivity contribution in [1.82, 2.24) is 4.90 Å². The third-order valence-electron chi connectivity index (χ3n) is 6.00. The van der Waals surface area contributed by atoms with Gasteiger partial charge in [0, 0.05) is 35.2 Å². The maximum absolute atomic E-state index is 13.2. The summed E-state index contributed by atoms with van der Waals surface area (Å²) in [7, 11) is 0. The van der Waals surface area contributed by atoms with E-state index in [1.807, 2.05) is 43.9 Å². The average molecular weight is 529 g/mol. The molecule has 0 radical (unpaired) electrons. The lowest BCUT2D eigenvalue weighted by Crippen LogP contribution is -2.38. The largest absolute Gasteiger partial charge is 0.460 e. The highest BCUT2D eigenvalue weighted by molar-refractivity contribution is 9.11. The third-order valence-corrected chi connectivity index (χ3v) is 7.61. The standard InChI is InChI=1S/C27H30BrNO3S/c1-27(2,3)32-25(30)11-10-18-6-4-7-20(16-18)19-12-14-29(15-13-19)26(31)21-8-5-9-23-22(21)17-24(28)33-23/h4-9,16-17,19H,10-15H2,1-3H3. The van der Waals surface area contributed by atoms with E-state index in [1.165, 1.54) is 5.56 Å². The number of nitrogens with zero attached hydrogens (tertiary/aromatic N) is 1. The van der Waals surface area contributed by atoms with Crippen molar-refractivity contribution in [2.75, 3.05) is 13.1 Å². The molecule has 0 unspecified atom stereocenters. The number of esters is 1. The van der Waals surface area contributed by atoms with E-state index in [0.29, 0.717) is 18.8 Å². The minimum Gasteiger partial charge on any atom is -0.460 e. The normalized spacial score (nSPS) is 15.1. The quantitative estimate of drug-likeness (QED) is 0.337. The Balaban J connectivity index is 1.36. The number of aryl methyl sites for hydroxylation is 1. The maximum atomic E-state index is 13.2. The second-order valence-electron chi connectivity index (χ2n) is 9.67. The Morgan fingerprint density at radius 3 is 2.55 bits per heavy atom. The molecule has 2 heterocycles. The molecule has 33 heavy (non-hydrogen) atoms. The third kappa shape index (κ3) is 6.04. The van der Waals surface area contributed by atoms with E-state index >= 15 is 0 Å². The predicted molar refractivity (Wildman–Crippen MR) is 138 cm³/mol. The Morgan fingerprint density at radius 1 is 1.09 bits per heavy atom. The van der Waals surface area contributed by atoms with Crippen molar-refractivity contribution in [2.45, 2.75) is 58.0 Å². The fraction of sp³-hybridized carbons (Fsp3) is 0.407. The van der Waals surface area contributed by atoms with Crippen molar-refractivity contribution in [3.05, 3.63) is 69.0 Å². The van der Waals surface area contributed by atoms with Crippen LogP contribution >= 0.6 is 27.3 Å². The van der Waals surface area contributed by atoms with Crippen molar-refractivity contribution in [3.63, 3.8) is 0 Å². The molecule has 1 fully saturated rings. The first kappa shape index (κ1) is 24.0. The Bertz CT molecular complexity index is 1160. The van der Waals surface area contributed by atoms with Gasteiger partial charge >= 0.3 is 5.97 Å². The summed E-state index contributed by atoms with van der Waals surface area (Å²) in [4.78, 5) is 27.3. The van der Waals surface area contributed by atoms with Crippen LogP contribution < -0.4 is 0 Å². The van der Waals surface area contributed by atoms with Crippen LogP contribution in [-0.4, -0.2) is 35.5 Å². The molecule has 0 N–H and O–H groups in total. The van der Waals surface area contributed by atoms with E-state index in [2.05, 4.69) is 46.3 Å². The number of amides is 1. The lowest BCUT2D eigenvalue weighted by molar-refractivity contribution is -0.154. The van der Waals surface area contributed by atoms with Crippen LogP contribution in [0.25, 0.3) is 10.1 Å². The van der Waals surface area contributed by atoms with Crippen molar-refractivity contribution >= 4 is 49.2 Å². The predicted octanol–water partition coefficient (Wildman–Crippen LogP) is 6.96. The number of benzene rings is 2. The number of fused-ring (bicyclic) bond motifs is 1. The highest BCUT2D eigenvalue weighted by Crippen LogP contribution is 2.34. The zero-order chi connectivity index (χ0) is 23.6. The molecule has 0 bridgehead atoms. The monoisotopic (exact) mass is 527 g/mol. The van der Waals surface area contributed by atoms with Crippen LogP contribution in [0, 0.1) is 0 Å². The van der Waals surface area contributed by atoms with Gasteiger partial charge in [0.1, 0.15) is 5.60 Å². The maximum Gasteiger partial charge on any atom is 0.306 e. The zero-order valence-corrected chi connectivity index (χ0v) is 21.8. The summed E-state index contributed by atoms with van der Waals surface area (Å²) in [6.07, 6.45) is 2.97. The topological polar surface area (TPSA) is 46.6 Å². The molecule has 2 aromatic carbocycles. The number of carbonyl (C=O) groups excluding carboxylic acids is 2. The lowest BCUT2D eigenvalue weighted by Gasteiger charge is -2.32. The molecule has 1 aliphatic rings. The van der Waals surface area contributed by atoms with Gasteiger partial charge in [-0.25, -0.2) is 0 Å². The van der Waals surface area contributed by atoms with Crippen molar-refractivity contribution < 1.29 is 14.3 Å². The van der Waals surface area contributed by atoms with E-state index in [-0.39, 0.29) is 11.9 Å². The lowest BCUT2D eigenvalue weighted by atomic mass is 9.88. The molecule has 4 nitrogen and oxygen atoms in total. The van der Waals surface area contributed by atoms with Gasteiger partial charge in [-0.15, -0.1) is 11.3 Å². The summed E-state index contributed by atoms with van der Waals surface area (Å²) in [6, 6.07) is 16.5. The van der Waals surface area contributed by atoms with E-state index < -0.39 is 5.60 Å². The Labute approximate surface area is 208 Å². The SMILES string of the molecule is CC(C)(C)OC(=O)CCc1cccc(C2CCN(C(=O)c3cccc4sc(Br)cc34)CC2)c1. The summed E-state index contributed by atoms with van der Waals surface area (Å²) in [5.41, 5.74) is 2.80. The molecule has 1 aromatic heterocycles. The summed E-state index contributed by atoms with van der Waals surface area (Å²) < 4.78 is 7.60. The minimum atomic E-state index is -0.449. The van der Waals surface area contributed by atoms with Crippen LogP contribution in [0.5, 0.6) is 0 Å². The number of hydrogen-bond donors (Lipinski definition) is 0. The second-order valence-corrected chi connectivity index (χ2v) is 12.1. The van der Waals surface area contributed by atoms with Crippen LogP contribution in [0.4, 0.5) is 0 Å². The number of ether oxygens (including phenoxy) is 1. The van der Waals surface area contributed by atoms with Gasteiger partial charge in [0.2, 0.25) is 0 Å². The number of thiophene rings is 1. The molecule has 0 spiro atoms. The van der Waals surface area contributed by atoms with E-state index in [1.54, 1.807) is 11.3 Å². The molecule has 174 valence electrons. The van der Waals surface area contributed by atoms with Crippen LogP contribution in [-0.2, 0) is 16.0 Å². The fourth-order valence-electron chi connectivity index (χ4n) is 4.44. The van der Waals surface area contributed by atoms with Crippen LogP contribution in [0.2, 0.25) is 0 Å². The second kappa shape index (κ2) is 9.98. The van der Waals surface area contributed by atoms with Gasteiger partial charge in [-0.05, 0) is 91.2 Å². The molecule has 0 saturated carbocycles. The van der Waals surface area contributed by atoms with Gasteiger partial charge in [0.25, 0.3) is 5.91 Å². The molecule has 1 aliphatic heterocycles. The first-order valence-corrected chi connectivity index (χ1v) is 13.1. The van der Waals surface area contributed by atoms with Crippen molar-refractivity contribution in [1.29, 1.82) is 0 Å². The van der Waals surface area contributed by atoms with Gasteiger partial charge in [0.15, 0.2) is 0 Å². The van der Waals surface area contributed by atoms with Crippen molar-refractivity contribution in [2.24, 2.45) is 0 Å². The van der Waals surface area contributed by atoms with Crippen LogP contribution in [0.15, 0.2) is 52.3 Å². The number of carbonyl (C=O) groups is 2. The molecule has 6 heteroatoms. The van der Waals surface area contributed by atoms with Gasteiger partial charge in [-0.2, -0.15) is 0 Å². The van der Waals surface area contributed by atoms with Gasteiger partial charge in [-0.3, -0.25) is 9.59 Å². The highest BCUT2D eigenvalue weighted by Gasteiger charge is 2.26. The first-order chi connectivity index (χ1) is 15.7. The Hall–Kier alpha value is -2.18. The van der Waals surface area contributed by atoms with E-state index in [0.717, 1.165) is 50.9 Å². The van der Waals surface area contributed by atoms with Gasteiger partial charge in [-0.1, -0.05) is 30.3 Å². The molecule has 4 rings (SSSR count). The number of hydrogen-bond acceptors (Lipinski definition) is 4. The molecular weight excluding hydrogens is 498 g/mol. The minimum absolute atomic E-state index is 0.121. The molecule has 3 aromatic rings. The van der Waals surface area contributed by atoms with E-state index in [9.17, 15) is 9.59 Å². The molecule has 1 amide bonds. The Kier molecular flexibility index (Phi) is 7.25. The summed E-state index contributed by atoms with van der Waals surface area (Å²) in [6.45, 7) is 7.19. The van der Waals surface area contributed by atoms with Crippen LogP contribution in [0.3, 0.4) is 0 Å². The van der Waals surface area contributed by atoms with Crippen molar-refractivity contribution in [3.8, 4) is 0 Å². The average Bonchev–Trinajstić information content (AvgIpc) is 3.16. The number of rotatable bonds is 5.